The van der Waals surface area contributed by atoms with Crippen LogP contribution in [0.1, 0.15) is 35.0 Å². The highest BCUT2D eigenvalue weighted by atomic mass is 79.9. The smallest absolute Gasteiger partial charge is 0.277 e. The maximum absolute atomic E-state index is 12.0. The van der Waals surface area contributed by atoms with Gasteiger partial charge in [-0.1, -0.05) is 17.3 Å². The highest BCUT2D eigenvalue weighted by molar-refractivity contribution is 9.10. The third-order valence-corrected chi connectivity index (χ3v) is 3.55. The van der Waals surface area contributed by atoms with Crippen LogP contribution in [0.25, 0.3) is 0 Å². The van der Waals surface area contributed by atoms with Crippen molar-refractivity contribution in [3.05, 3.63) is 46.3 Å². The van der Waals surface area contributed by atoms with E-state index in [9.17, 15) is 4.79 Å². The van der Waals surface area contributed by atoms with E-state index in [4.69, 9.17) is 4.52 Å². The number of halogens is 1. The summed E-state index contributed by atoms with van der Waals surface area (Å²) in [5.74, 6) is 1.02. The molecule has 0 saturated heterocycles. The first-order valence-electron chi connectivity index (χ1n) is 5.76. The first-order chi connectivity index (χ1) is 8.74. The quantitative estimate of drug-likeness (QED) is 0.943. The van der Waals surface area contributed by atoms with Crippen LogP contribution in [0.5, 0.6) is 0 Å². The lowest BCUT2D eigenvalue weighted by Crippen LogP contribution is -2.12. The number of rotatable bonds is 3. The molecule has 1 aliphatic rings. The lowest BCUT2D eigenvalue weighted by molar-refractivity contribution is 0.101. The first kappa shape index (κ1) is 11.5. The number of amides is 1. The number of carbonyl (C=O) groups excluding carboxylic acids is 1. The molecule has 1 heterocycles. The number of carbonyl (C=O) groups is 1. The Labute approximate surface area is 112 Å². The monoisotopic (exact) mass is 306 g/mol. The Morgan fingerprint density at radius 2 is 2.17 bits per heavy atom. The van der Waals surface area contributed by atoms with E-state index in [0.717, 1.165) is 28.8 Å². The molecule has 1 fully saturated rings. The minimum Gasteiger partial charge on any atom is -0.360 e. The molecule has 1 aromatic carbocycles. The maximum Gasteiger partial charge on any atom is 0.277 e. The van der Waals surface area contributed by atoms with Crippen LogP contribution in [-0.2, 0) is 0 Å². The van der Waals surface area contributed by atoms with Gasteiger partial charge in [0.1, 0.15) is 5.76 Å². The summed E-state index contributed by atoms with van der Waals surface area (Å²) in [5.41, 5.74) is 1.05. The second-order valence-electron chi connectivity index (χ2n) is 4.32. The van der Waals surface area contributed by atoms with Crippen LogP contribution in [0.3, 0.4) is 0 Å². The summed E-state index contributed by atoms with van der Waals surface area (Å²) in [5, 5.41) is 6.59. The number of benzene rings is 1. The van der Waals surface area contributed by atoms with E-state index in [1.54, 1.807) is 6.07 Å². The van der Waals surface area contributed by atoms with E-state index in [0.29, 0.717) is 11.6 Å². The molecular weight excluding hydrogens is 296 g/mol. The van der Waals surface area contributed by atoms with Gasteiger partial charge < -0.3 is 9.84 Å². The van der Waals surface area contributed by atoms with Crippen LogP contribution in [0, 0.1) is 0 Å². The van der Waals surface area contributed by atoms with Gasteiger partial charge in [0.05, 0.1) is 5.69 Å². The largest absolute Gasteiger partial charge is 0.360 e. The predicted molar refractivity (Wildman–Crippen MR) is 70.6 cm³/mol. The zero-order valence-electron chi connectivity index (χ0n) is 9.52. The summed E-state index contributed by atoms with van der Waals surface area (Å²) >= 11 is 3.38. The fraction of sp³-hybridized carbons (Fsp3) is 0.231. The van der Waals surface area contributed by atoms with Gasteiger partial charge in [-0.15, -0.1) is 0 Å². The zero-order valence-corrected chi connectivity index (χ0v) is 11.1. The Hall–Kier alpha value is -1.62. The van der Waals surface area contributed by atoms with Crippen molar-refractivity contribution in [1.29, 1.82) is 0 Å². The molecule has 92 valence electrons. The number of nitrogens with one attached hydrogen (secondary N) is 1. The molecule has 0 atom stereocenters. The van der Waals surface area contributed by atoms with Gasteiger partial charge in [-0.2, -0.15) is 0 Å². The molecule has 4 nitrogen and oxygen atoms in total. The molecule has 0 bridgehead atoms. The van der Waals surface area contributed by atoms with Crippen LogP contribution in [0.15, 0.2) is 39.3 Å². The van der Waals surface area contributed by atoms with E-state index in [-0.39, 0.29) is 5.91 Å². The third kappa shape index (κ3) is 2.31. The minimum absolute atomic E-state index is 0.252. The summed E-state index contributed by atoms with van der Waals surface area (Å²) in [6, 6.07) is 9.17. The summed E-state index contributed by atoms with van der Waals surface area (Å²) in [6.45, 7) is 0. The molecule has 1 amide bonds. The molecule has 0 unspecified atom stereocenters. The minimum atomic E-state index is -0.252. The van der Waals surface area contributed by atoms with E-state index >= 15 is 0 Å². The van der Waals surface area contributed by atoms with Gasteiger partial charge in [-0.05, 0) is 40.9 Å². The van der Waals surface area contributed by atoms with Crippen molar-refractivity contribution in [2.45, 2.75) is 18.8 Å². The number of para-hydroxylation sites is 1. The Kier molecular flexibility index (Phi) is 2.91. The molecule has 1 saturated carbocycles. The van der Waals surface area contributed by atoms with Crippen molar-refractivity contribution < 1.29 is 9.32 Å². The van der Waals surface area contributed by atoms with Crippen LogP contribution < -0.4 is 5.32 Å². The van der Waals surface area contributed by atoms with Gasteiger partial charge in [0, 0.05) is 16.5 Å². The van der Waals surface area contributed by atoms with Crippen LogP contribution in [0.2, 0.25) is 0 Å². The Bertz CT molecular complexity index is 590. The summed E-state index contributed by atoms with van der Waals surface area (Å²) in [6.07, 6.45) is 2.25. The van der Waals surface area contributed by atoms with E-state index in [2.05, 4.69) is 26.4 Å². The topological polar surface area (TPSA) is 55.1 Å². The fourth-order valence-corrected chi connectivity index (χ4v) is 2.09. The molecule has 3 rings (SSSR count). The summed E-state index contributed by atoms with van der Waals surface area (Å²) in [7, 11) is 0. The van der Waals surface area contributed by atoms with Gasteiger partial charge >= 0.3 is 0 Å². The lowest BCUT2D eigenvalue weighted by Gasteiger charge is -2.04. The molecule has 2 aromatic rings. The molecule has 0 radical (unpaired) electrons. The van der Waals surface area contributed by atoms with Crippen LogP contribution in [-0.4, -0.2) is 11.1 Å². The number of aromatic nitrogens is 1. The van der Waals surface area contributed by atoms with Crippen molar-refractivity contribution in [2.24, 2.45) is 0 Å². The number of nitrogens with zero attached hydrogens (tertiary/aromatic N) is 1. The number of hydrogen-bond donors (Lipinski definition) is 1. The first-order valence-corrected chi connectivity index (χ1v) is 6.56. The average molecular weight is 307 g/mol. The summed E-state index contributed by atoms with van der Waals surface area (Å²) in [4.78, 5) is 12.0. The van der Waals surface area contributed by atoms with Crippen LogP contribution >= 0.6 is 15.9 Å². The van der Waals surface area contributed by atoms with Gasteiger partial charge in [0.25, 0.3) is 5.91 Å². The van der Waals surface area contributed by atoms with Crippen molar-refractivity contribution in [1.82, 2.24) is 5.16 Å². The van der Waals surface area contributed by atoms with Crippen molar-refractivity contribution in [3.63, 3.8) is 0 Å². The van der Waals surface area contributed by atoms with Crippen LogP contribution in [0.4, 0.5) is 5.69 Å². The highest BCUT2D eigenvalue weighted by Gasteiger charge is 2.28. The van der Waals surface area contributed by atoms with Gasteiger partial charge in [0.15, 0.2) is 5.69 Å². The normalized spacial score (nSPS) is 14.5. The van der Waals surface area contributed by atoms with Crippen molar-refractivity contribution >= 4 is 27.5 Å². The van der Waals surface area contributed by atoms with Gasteiger partial charge in [0.2, 0.25) is 0 Å². The molecular formula is C13H11BrN2O2. The molecule has 0 aliphatic heterocycles. The molecule has 5 heteroatoms. The van der Waals surface area contributed by atoms with Gasteiger partial charge in [-0.3, -0.25) is 4.79 Å². The highest BCUT2D eigenvalue weighted by Crippen LogP contribution is 2.40. The Morgan fingerprint density at radius 1 is 1.39 bits per heavy atom. The van der Waals surface area contributed by atoms with Gasteiger partial charge in [-0.25, -0.2) is 0 Å². The fourth-order valence-electron chi connectivity index (χ4n) is 1.71. The zero-order chi connectivity index (χ0) is 12.5. The van der Waals surface area contributed by atoms with E-state index < -0.39 is 0 Å². The third-order valence-electron chi connectivity index (χ3n) is 2.86. The van der Waals surface area contributed by atoms with E-state index in [1.165, 1.54) is 0 Å². The average Bonchev–Trinajstić information content (AvgIpc) is 3.10. The second-order valence-corrected chi connectivity index (χ2v) is 5.18. The lowest BCUT2D eigenvalue weighted by atomic mass is 10.2. The van der Waals surface area contributed by atoms with Crippen molar-refractivity contribution in [3.8, 4) is 0 Å². The molecule has 18 heavy (non-hydrogen) atoms. The second kappa shape index (κ2) is 4.57. The molecule has 1 aliphatic carbocycles. The SMILES string of the molecule is O=C(Nc1ccccc1Br)c1cc(C2CC2)on1. The molecule has 0 spiro atoms. The maximum atomic E-state index is 12.0. The number of hydrogen-bond acceptors (Lipinski definition) is 3. The Morgan fingerprint density at radius 3 is 2.89 bits per heavy atom. The number of anilines is 1. The standard InChI is InChI=1S/C13H11BrN2O2/c14-9-3-1-2-4-10(9)15-13(17)11-7-12(18-16-11)8-5-6-8/h1-4,7-8H,5-6H2,(H,15,17). The molecule has 1 aromatic heterocycles. The van der Waals surface area contributed by atoms with Crippen molar-refractivity contribution in [2.75, 3.05) is 5.32 Å². The Balaban J connectivity index is 1.76. The summed E-state index contributed by atoms with van der Waals surface area (Å²) < 4.78 is 5.99. The van der Waals surface area contributed by atoms with E-state index in [1.807, 2.05) is 24.3 Å². The predicted octanol–water partition coefficient (Wildman–Crippen LogP) is 3.57. The molecule has 1 N–H and O–H groups in total.